The van der Waals surface area contributed by atoms with E-state index in [4.69, 9.17) is 27.6 Å². The number of oxime groups is 1. The van der Waals surface area contributed by atoms with Gasteiger partial charge in [-0.1, -0.05) is 16.8 Å². The average Bonchev–Trinajstić information content (AvgIpc) is 2.41. The summed E-state index contributed by atoms with van der Waals surface area (Å²) in [6.07, 6.45) is 5.63. The molecule has 0 radical (unpaired) electrons. The summed E-state index contributed by atoms with van der Waals surface area (Å²) >= 11 is 6.34. The maximum atomic E-state index is 9.03. The van der Waals surface area contributed by atoms with Crippen molar-refractivity contribution in [3.05, 3.63) is 22.8 Å². The molecular formula is C13H19ClN4O2. The first-order chi connectivity index (χ1) is 9.69. The van der Waals surface area contributed by atoms with Crippen LogP contribution in [0.2, 0.25) is 5.02 Å². The molecule has 1 aliphatic rings. The number of hydrogen-bond acceptors (Lipinski definition) is 5. The molecular weight excluding hydrogens is 280 g/mol. The Kier molecular flexibility index (Phi) is 5.03. The second-order valence-corrected chi connectivity index (χ2v) is 5.21. The van der Waals surface area contributed by atoms with Crippen LogP contribution in [-0.2, 0) is 0 Å². The Balaban J connectivity index is 2.32. The number of aliphatic hydroxyl groups is 1. The van der Waals surface area contributed by atoms with Gasteiger partial charge in [-0.05, 0) is 31.7 Å². The number of rotatable bonds is 6. The molecule has 1 heterocycles. The molecule has 6 nitrogen and oxygen atoms in total. The second-order valence-electron chi connectivity index (χ2n) is 4.84. The van der Waals surface area contributed by atoms with Crippen LogP contribution < -0.4 is 10.6 Å². The Morgan fingerprint density at radius 1 is 1.55 bits per heavy atom. The number of aromatic nitrogens is 1. The normalized spacial score (nSPS) is 16.0. The summed E-state index contributed by atoms with van der Waals surface area (Å²) in [5, 5.41) is 21.2. The van der Waals surface area contributed by atoms with Gasteiger partial charge in [0.15, 0.2) is 5.84 Å². The maximum absolute atomic E-state index is 9.03. The van der Waals surface area contributed by atoms with Gasteiger partial charge in [-0.2, -0.15) is 0 Å². The van der Waals surface area contributed by atoms with E-state index in [1.165, 1.54) is 6.42 Å². The first-order valence-corrected chi connectivity index (χ1v) is 7.06. The number of halogens is 1. The molecule has 1 aromatic rings. The zero-order valence-corrected chi connectivity index (χ0v) is 11.9. The zero-order chi connectivity index (χ0) is 14.5. The Bertz CT molecular complexity index is 491. The van der Waals surface area contributed by atoms with Gasteiger partial charge in [0.1, 0.15) is 5.82 Å². The standard InChI is InChI=1S/C13H19ClN4O2/c14-11-10(12(15)17-20)5-6-16-13(11)18(7-2-8-19)9-3-1-4-9/h5-6,9,19-20H,1-4,7-8H2,(H2,15,17). The number of nitrogens with two attached hydrogens (primary N) is 1. The van der Waals surface area contributed by atoms with Gasteiger partial charge in [0.05, 0.1) is 5.02 Å². The number of aliphatic hydroxyl groups excluding tert-OH is 1. The summed E-state index contributed by atoms with van der Waals surface area (Å²) in [4.78, 5) is 6.44. The monoisotopic (exact) mass is 298 g/mol. The minimum Gasteiger partial charge on any atom is -0.409 e. The van der Waals surface area contributed by atoms with E-state index in [9.17, 15) is 0 Å². The molecule has 0 aliphatic heterocycles. The van der Waals surface area contributed by atoms with E-state index in [-0.39, 0.29) is 12.4 Å². The van der Waals surface area contributed by atoms with Gasteiger partial charge in [0.25, 0.3) is 0 Å². The fraction of sp³-hybridized carbons (Fsp3) is 0.538. The third-order valence-electron chi connectivity index (χ3n) is 3.60. The maximum Gasteiger partial charge on any atom is 0.171 e. The van der Waals surface area contributed by atoms with Crippen LogP contribution in [0.15, 0.2) is 17.4 Å². The number of hydrogen-bond donors (Lipinski definition) is 3. The third kappa shape index (κ3) is 2.96. The first kappa shape index (κ1) is 14.9. The molecule has 4 N–H and O–H groups in total. The molecule has 1 saturated carbocycles. The summed E-state index contributed by atoms with van der Waals surface area (Å²) in [6.45, 7) is 0.814. The van der Waals surface area contributed by atoms with Crippen LogP contribution >= 0.6 is 11.6 Å². The number of pyridine rings is 1. The van der Waals surface area contributed by atoms with Gasteiger partial charge < -0.3 is 20.9 Å². The number of nitrogens with zero attached hydrogens (tertiary/aromatic N) is 3. The molecule has 0 unspecified atom stereocenters. The third-order valence-corrected chi connectivity index (χ3v) is 3.97. The first-order valence-electron chi connectivity index (χ1n) is 6.69. The molecule has 20 heavy (non-hydrogen) atoms. The molecule has 0 amide bonds. The van der Waals surface area contributed by atoms with Crippen molar-refractivity contribution >= 4 is 23.3 Å². The molecule has 7 heteroatoms. The molecule has 0 saturated heterocycles. The highest BCUT2D eigenvalue weighted by molar-refractivity contribution is 6.36. The minimum absolute atomic E-state index is 0.0330. The van der Waals surface area contributed by atoms with E-state index in [1.807, 2.05) is 0 Å². The number of amidine groups is 1. The van der Waals surface area contributed by atoms with Crippen molar-refractivity contribution in [2.75, 3.05) is 18.1 Å². The quantitative estimate of drug-likeness (QED) is 0.321. The van der Waals surface area contributed by atoms with Crippen LogP contribution in [0, 0.1) is 0 Å². The fourth-order valence-corrected chi connectivity index (χ4v) is 2.60. The van der Waals surface area contributed by atoms with Gasteiger partial charge in [-0.25, -0.2) is 4.98 Å². The zero-order valence-electron chi connectivity index (χ0n) is 11.2. The highest BCUT2D eigenvalue weighted by atomic mass is 35.5. The molecule has 0 spiro atoms. The second kappa shape index (κ2) is 6.76. The predicted octanol–water partition coefficient (Wildman–Crippen LogP) is 1.57. The smallest absolute Gasteiger partial charge is 0.171 e. The summed E-state index contributed by atoms with van der Waals surface area (Å²) in [5.41, 5.74) is 6.08. The van der Waals surface area contributed by atoms with Crippen LogP contribution in [0.5, 0.6) is 0 Å². The van der Waals surface area contributed by atoms with Gasteiger partial charge in [0.2, 0.25) is 0 Å². The van der Waals surface area contributed by atoms with Crippen LogP contribution in [0.1, 0.15) is 31.2 Å². The molecule has 0 aromatic carbocycles. The van der Waals surface area contributed by atoms with Crippen LogP contribution in [0.3, 0.4) is 0 Å². The van der Waals surface area contributed by atoms with E-state index < -0.39 is 0 Å². The van der Waals surface area contributed by atoms with E-state index in [2.05, 4.69) is 15.0 Å². The Hall–Kier alpha value is -1.53. The van der Waals surface area contributed by atoms with Crippen molar-refractivity contribution in [1.82, 2.24) is 4.98 Å². The lowest BCUT2D eigenvalue weighted by atomic mass is 9.91. The van der Waals surface area contributed by atoms with Crippen molar-refractivity contribution in [2.24, 2.45) is 10.9 Å². The fourth-order valence-electron chi connectivity index (χ4n) is 2.29. The van der Waals surface area contributed by atoms with Crippen molar-refractivity contribution in [3.8, 4) is 0 Å². The molecule has 1 aliphatic carbocycles. The van der Waals surface area contributed by atoms with Crippen molar-refractivity contribution in [1.29, 1.82) is 0 Å². The summed E-state index contributed by atoms with van der Waals surface area (Å²) in [7, 11) is 0. The van der Waals surface area contributed by atoms with E-state index >= 15 is 0 Å². The minimum atomic E-state index is -0.0330. The Labute approximate surface area is 122 Å². The van der Waals surface area contributed by atoms with Gasteiger partial charge in [-0.15, -0.1) is 0 Å². The highest BCUT2D eigenvalue weighted by Crippen LogP contribution is 2.34. The number of anilines is 1. The van der Waals surface area contributed by atoms with Gasteiger partial charge >= 0.3 is 0 Å². The molecule has 110 valence electrons. The van der Waals surface area contributed by atoms with Crippen LogP contribution in [0.4, 0.5) is 5.82 Å². The lowest BCUT2D eigenvalue weighted by molar-refractivity contribution is 0.282. The summed E-state index contributed by atoms with van der Waals surface area (Å²) < 4.78 is 0. The Morgan fingerprint density at radius 2 is 2.30 bits per heavy atom. The molecule has 0 atom stereocenters. The molecule has 1 fully saturated rings. The lowest BCUT2D eigenvalue weighted by Crippen LogP contribution is -2.42. The van der Waals surface area contributed by atoms with Crippen molar-refractivity contribution < 1.29 is 10.3 Å². The van der Waals surface area contributed by atoms with E-state index in [0.717, 1.165) is 12.8 Å². The lowest BCUT2D eigenvalue weighted by Gasteiger charge is -2.39. The van der Waals surface area contributed by atoms with E-state index in [0.29, 0.717) is 35.4 Å². The van der Waals surface area contributed by atoms with E-state index in [1.54, 1.807) is 12.3 Å². The van der Waals surface area contributed by atoms with Crippen molar-refractivity contribution in [2.45, 2.75) is 31.7 Å². The predicted molar refractivity (Wildman–Crippen MR) is 78.4 cm³/mol. The van der Waals surface area contributed by atoms with Gasteiger partial charge in [0, 0.05) is 31.0 Å². The average molecular weight is 299 g/mol. The van der Waals surface area contributed by atoms with Crippen molar-refractivity contribution in [3.63, 3.8) is 0 Å². The SMILES string of the molecule is N/C(=N/O)c1ccnc(N(CCCO)C2CCC2)c1Cl. The molecule has 0 bridgehead atoms. The molecule has 2 rings (SSSR count). The highest BCUT2D eigenvalue weighted by Gasteiger charge is 2.28. The summed E-state index contributed by atoms with van der Waals surface area (Å²) in [6, 6.07) is 2.01. The van der Waals surface area contributed by atoms with Gasteiger partial charge in [-0.3, -0.25) is 0 Å². The summed E-state index contributed by atoms with van der Waals surface area (Å²) in [5.74, 6) is 0.600. The Morgan fingerprint density at radius 3 is 2.85 bits per heavy atom. The largest absolute Gasteiger partial charge is 0.409 e. The molecule has 1 aromatic heterocycles. The van der Waals surface area contributed by atoms with Crippen LogP contribution in [-0.4, -0.2) is 40.3 Å². The van der Waals surface area contributed by atoms with Crippen LogP contribution in [0.25, 0.3) is 0 Å². The topological polar surface area (TPSA) is 95.0 Å².